The van der Waals surface area contributed by atoms with Gasteiger partial charge in [-0.2, -0.15) is 13.2 Å². The highest BCUT2D eigenvalue weighted by Gasteiger charge is 2.40. The Morgan fingerprint density at radius 1 is 1.53 bits per heavy atom. The number of hydrogen-bond acceptors (Lipinski definition) is 4. The van der Waals surface area contributed by atoms with Crippen molar-refractivity contribution in [1.82, 2.24) is 4.98 Å². The minimum absolute atomic E-state index is 0.0789. The minimum atomic E-state index is -4.44. The van der Waals surface area contributed by atoms with E-state index in [2.05, 4.69) is 4.98 Å². The van der Waals surface area contributed by atoms with Gasteiger partial charge in [0.25, 0.3) is 0 Å². The van der Waals surface area contributed by atoms with Gasteiger partial charge in [-0.1, -0.05) is 0 Å². The van der Waals surface area contributed by atoms with Crippen LogP contribution in [0.2, 0.25) is 0 Å². The zero-order chi connectivity index (χ0) is 12.6. The van der Waals surface area contributed by atoms with Gasteiger partial charge in [0.2, 0.25) is 0 Å². The summed E-state index contributed by atoms with van der Waals surface area (Å²) in [7, 11) is 1.50. The Hall–Kier alpha value is -0.660. The van der Waals surface area contributed by atoms with E-state index in [9.17, 15) is 13.2 Å². The average Bonchev–Trinajstić information content (AvgIpc) is 2.96. The first kappa shape index (κ1) is 12.8. The highest BCUT2D eigenvalue weighted by molar-refractivity contribution is 7.11. The van der Waals surface area contributed by atoms with Gasteiger partial charge in [0, 0.05) is 13.7 Å². The lowest BCUT2D eigenvalue weighted by Crippen LogP contribution is -2.11. The number of aromatic nitrogens is 1. The maximum absolute atomic E-state index is 12.7. The first-order valence-electron chi connectivity index (χ1n) is 5.27. The molecule has 1 saturated carbocycles. The molecule has 0 saturated heterocycles. The monoisotopic (exact) mass is 266 g/mol. The van der Waals surface area contributed by atoms with Crippen molar-refractivity contribution in [3.05, 3.63) is 15.6 Å². The highest BCUT2D eigenvalue weighted by Crippen LogP contribution is 2.45. The predicted molar refractivity (Wildman–Crippen MR) is 57.5 cm³/mol. The molecule has 1 aliphatic carbocycles. The van der Waals surface area contributed by atoms with E-state index in [0.717, 1.165) is 24.2 Å². The standard InChI is InChI=1S/C10H13F3N2OS/c1-16-7(5-2-3-5)9-15-8(10(11,12)13)6(4-14)17-9/h5,7H,2-4,14H2,1H3. The minimum Gasteiger partial charge on any atom is -0.374 e. The fourth-order valence-electron chi connectivity index (χ4n) is 1.75. The number of nitrogens with zero attached hydrogens (tertiary/aromatic N) is 1. The van der Waals surface area contributed by atoms with Crippen molar-refractivity contribution in [2.45, 2.75) is 31.7 Å². The Balaban J connectivity index is 2.32. The Bertz CT molecular complexity index is 401. The summed E-state index contributed by atoms with van der Waals surface area (Å²) in [4.78, 5) is 3.75. The van der Waals surface area contributed by atoms with Gasteiger partial charge in [-0.25, -0.2) is 4.98 Å². The number of hydrogen-bond donors (Lipinski definition) is 1. The van der Waals surface area contributed by atoms with Crippen molar-refractivity contribution < 1.29 is 17.9 Å². The molecule has 2 rings (SSSR count). The molecule has 1 fully saturated rings. The van der Waals surface area contributed by atoms with Gasteiger partial charge < -0.3 is 10.5 Å². The number of halogens is 3. The van der Waals surface area contributed by atoms with Crippen LogP contribution < -0.4 is 5.73 Å². The summed E-state index contributed by atoms with van der Waals surface area (Å²) in [6, 6.07) is 0. The number of alkyl halides is 3. The SMILES string of the molecule is COC(c1nc(C(F)(F)F)c(CN)s1)C1CC1. The van der Waals surface area contributed by atoms with Gasteiger partial charge in [-0.15, -0.1) is 11.3 Å². The third kappa shape index (κ3) is 2.61. The third-order valence-electron chi connectivity index (χ3n) is 2.72. The van der Waals surface area contributed by atoms with Crippen LogP contribution in [0, 0.1) is 5.92 Å². The number of nitrogens with two attached hydrogens (primary N) is 1. The Labute approximate surface area is 101 Å². The lowest BCUT2D eigenvalue weighted by atomic mass is 10.2. The summed E-state index contributed by atoms with van der Waals surface area (Å²) in [5.74, 6) is 0.304. The van der Waals surface area contributed by atoms with Crippen LogP contribution in [-0.2, 0) is 17.5 Å². The first-order valence-corrected chi connectivity index (χ1v) is 6.08. The van der Waals surface area contributed by atoms with E-state index < -0.39 is 11.9 Å². The molecule has 1 aromatic rings. The van der Waals surface area contributed by atoms with Crippen molar-refractivity contribution >= 4 is 11.3 Å². The molecule has 1 heterocycles. The van der Waals surface area contributed by atoms with E-state index in [1.54, 1.807) is 0 Å². The van der Waals surface area contributed by atoms with E-state index in [-0.39, 0.29) is 17.5 Å². The molecule has 0 radical (unpaired) electrons. The van der Waals surface area contributed by atoms with Crippen LogP contribution in [-0.4, -0.2) is 12.1 Å². The molecular weight excluding hydrogens is 253 g/mol. The summed E-state index contributed by atoms with van der Waals surface area (Å²) < 4.78 is 43.3. The van der Waals surface area contributed by atoms with Gasteiger partial charge in [0.1, 0.15) is 11.1 Å². The van der Waals surface area contributed by atoms with Crippen LogP contribution in [0.3, 0.4) is 0 Å². The lowest BCUT2D eigenvalue weighted by Gasteiger charge is -2.10. The summed E-state index contributed by atoms with van der Waals surface area (Å²) in [6.07, 6.45) is -2.79. The molecule has 1 atom stereocenters. The summed E-state index contributed by atoms with van der Waals surface area (Å²) >= 11 is 1.01. The quantitative estimate of drug-likeness (QED) is 0.911. The van der Waals surface area contributed by atoms with Crippen molar-refractivity contribution in [3.63, 3.8) is 0 Å². The topological polar surface area (TPSA) is 48.1 Å². The van der Waals surface area contributed by atoms with Gasteiger partial charge in [0.05, 0.1) is 4.88 Å². The van der Waals surface area contributed by atoms with Crippen LogP contribution >= 0.6 is 11.3 Å². The van der Waals surface area contributed by atoms with E-state index in [0.29, 0.717) is 10.9 Å². The highest BCUT2D eigenvalue weighted by atomic mass is 32.1. The fraction of sp³-hybridized carbons (Fsp3) is 0.700. The molecule has 7 heteroatoms. The number of thiazole rings is 1. The van der Waals surface area contributed by atoms with Gasteiger partial charge >= 0.3 is 6.18 Å². The van der Waals surface area contributed by atoms with Crippen LogP contribution in [0.5, 0.6) is 0 Å². The molecule has 0 aromatic carbocycles. The molecule has 1 aliphatic rings. The molecule has 0 aliphatic heterocycles. The first-order chi connectivity index (χ1) is 7.97. The van der Waals surface area contributed by atoms with E-state index in [1.807, 2.05) is 0 Å². The van der Waals surface area contributed by atoms with E-state index in [4.69, 9.17) is 10.5 Å². The Kier molecular flexibility index (Phi) is 3.42. The second-order valence-corrected chi connectivity index (χ2v) is 5.13. The molecule has 0 bridgehead atoms. The van der Waals surface area contributed by atoms with E-state index in [1.165, 1.54) is 7.11 Å². The lowest BCUT2D eigenvalue weighted by molar-refractivity contribution is -0.141. The normalized spacial score (nSPS) is 18.4. The molecule has 17 heavy (non-hydrogen) atoms. The predicted octanol–water partition coefficient (Wildman–Crippen LogP) is 2.72. The van der Waals surface area contributed by atoms with Gasteiger partial charge in [0.15, 0.2) is 5.69 Å². The van der Waals surface area contributed by atoms with Crippen molar-refractivity contribution in [2.24, 2.45) is 11.7 Å². The van der Waals surface area contributed by atoms with Crippen molar-refractivity contribution in [2.75, 3.05) is 7.11 Å². The van der Waals surface area contributed by atoms with Crippen molar-refractivity contribution in [1.29, 1.82) is 0 Å². The number of ether oxygens (including phenoxy) is 1. The molecule has 2 N–H and O–H groups in total. The van der Waals surface area contributed by atoms with Crippen molar-refractivity contribution in [3.8, 4) is 0 Å². The maximum atomic E-state index is 12.7. The number of rotatable bonds is 4. The molecular formula is C10H13F3N2OS. The molecule has 3 nitrogen and oxygen atoms in total. The van der Waals surface area contributed by atoms with Crippen LogP contribution in [0.25, 0.3) is 0 Å². The van der Waals surface area contributed by atoms with Gasteiger partial charge in [-0.3, -0.25) is 0 Å². The summed E-state index contributed by atoms with van der Waals surface area (Å²) in [5, 5.41) is 0.391. The fourth-order valence-corrected chi connectivity index (χ4v) is 2.88. The molecule has 0 spiro atoms. The Morgan fingerprint density at radius 2 is 2.18 bits per heavy atom. The molecule has 1 aromatic heterocycles. The summed E-state index contributed by atoms with van der Waals surface area (Å²) in [6.45, 7) is -0.145. The summed E-state index contributed by atoms with van der Waals surface area (Å²) in [5.41, 5.74) is 4.46. The van der Waals surface area contributed by atoms with Crippen LogP contribution in [0.1, 0.15) is 34.5 Å². The smallest absolute Gasteiger partial charge is 0.374 e. The number of methoxy groups -OCH3 is 1. The van der Waals surface area contributed by atoms with Gasteiger partial charge in [-0.05, 0) is 18.8 Å². The molecule has 1 unspecified atom stereocenters. The second-order valence-electron chi connectivity index (χ2n) is 4.02. The molecule has 96 valence electrons. The largest absolute Gasteiger partial charge is 0.434 e. The third-order valence-corrected chi connectivity index (χ3v) is 3.85. The van der Waals surface area contributed by atoms with E-state index >= 15 is 0 Å². The average molecular weight is 266 g/mol. The zero-order valence-electron chi connectivity index (χ0n) is 9.25. The Morgan fingerprint density at radius 3 is 2.53 bits per heavy atom. The van der Waals surface area contributed by atoms with Crippen LogP contribution in [0.4, 0.5) is 13.2 Å². The zero-order valence-corrected chi connectivity index (χ0v) is 10.1. The van der Waals surface area contributed by atoms with Crippen LogP contribution in [0.15, 0.2) is 0 Å². The molecule has 0 amide bonds. The second kappa shape index (κ2) is 4.55. The maximum Gasteiger partial charge on any atom is 0.434 e.